The molecule has 138 valence electrons. The molecule has 5 atom stereocenters. The van der Waals surface area contributed by atoms with E-state index in [1.807, 2.05) is 11.8 Å². The highest BCUT2D eigenvalue weighted by atomic mass is 16.5. The molecule has 0 aromatic carbocycles. The van der Waals surface area contributed by atoms with Crippen LogP contribution in [-0.2, 0) is 9.53 Å². The third-order valence-corrected chi connectivity index (χ3v) is 6.33. The van der Waals surface area contributed by atoms with E-state index in [1.165, 1.54) is 32.1 Å². The van der Waals surface area contributed by atoms with Gasteiger partial charge in [0.1, 0.15) is 0 Å². The van der Waals surface area contributed by atoms with E-state index in [-0.39, 0.29) is 24.3 Å². The predicted octanol–water partition coefficient (Wildman–Crippen LogP) is 1.95. The summed E-state index contributed by atoms with van der Waals surface area (Å²) in [5.41, 5.74) is 0. The summed E-state index contributed by atoms with van der Waals surface area (Å²) in [7, 11) is 0. The summed E-state index contributed by atoms with van der Waals surface area (Å²) in [6.07, 6.45) is 6.79. The van der Waals surface area contributed by atoms with E-state index < -0.39 is 18.1 Å². The van der Waals surface area contributed by atoms with Crippen LogP contribution in [0.2, 0.25) is 0 Å². The van der Waals surface area contributed by atoms with Crippen LogP contribution in [0.25, 0.3) is 0 Å². The lowest BCUT2D eigenvalue weighted by Gasteiger charge is -2.43. The molecular weight excluding hydrogens is 306 g/mol. The number of carbonyl (C=O) groups excluding carboxylic acids is 1. The third kappa shape index (κ3) is 3.94. The fraction of sp³-hybridized carbons (Fsp3) is 0.947. The Morgan fingerprint density at radius 2 is 1.71 bits per heavy atom. The molecule has 0 spiro atoms. The van der Waals surface area contributed by atoms with Crippen molar-refractivity contribution in [2.45, 2.75) is 76.6 Å². The lowest BCUT2D eigenvalue weighted by atomic mass is 9.75. The number of hydrogen-bond acceptors (Lipinski definition) is 4. The van der Waals surface area contributed by atoms with Gasteiger partial charge in [-0.3, -0.25) is 4.79 Å². The Morgan fingerprint density at radius 3 is 2.38 bits per heavy atom. The highest BCUT2D eigenvalue weighted by Crippen LogP contribution is 2.35. The summed E-state index contributed by atoms with van der Waals surface area (Å²) in [6, 6.07) is 0. The first kappa shape index (κ1) is 18.2. The van der Waals surface area contributed by atoms with Crippen molar-refractivity contribution in [1.82, 2.24) is 4.90 Å². The standard InChI is InChI=1S/C19H33NO4/c1-13-15(21)11-16(22)17(19(23)20-9-5-6-10-20)18(13)24-12-14-7-3-2-4-8-14/h13-18,21-22H,2-12H2,1H3. The predicted molar refractivity (Wildman–Crippen MR) is 91.4 cm³/mol. The molecule has 3 fully saturated rings. The molecule has 1 amide bonds. The van der Waals surface area contributed by atoms with Crippen LogP contribution in [-0.4, -0.2) is 59.0 Å². The Kier molecular flexibility index (Phi) is 6.17. The number of likely N-dealkylation sites (tertiary alicyclic amines) is 1. The largest absolute Gasteiger partial charge is 0.393 e. The molecule has 0 radical (unpaired) electrons. The Morgan fingerprint density at radius 1 is 1.04 bits per heavy atom. The van der Waals surface area contributed by atoms with E-state index in [9.17, 15) is 15.0 Å². The second-order valence-electron chi connectivity index (χ2n) is 8.09. The van der Waals surface area contributed by atoms with Gasteiger partial charge in [0.25, 0.3) is 0 Å². The number of amides is 1. The van der Waals surface area contributed by atoms with E-state index in [1.54, 1.807) is 0 Å². The number of rotatable bonds is 4. The molecule has 2 aliphatic carbocycles. The van der Waals surface area contributed by atoms with Crippen LogP contribution in [0, 0.1) is 17.8 Å². The number of hydrogen-bond donors (Lipinski definition) is 2. The van der Waals surface area contributed by atoms with Crippen LogP contribution >= 0.6 is 0 Å². The molecule has 2 N–H and O–H groups in total. The smallest absolute Gasteiger partial charge is 0.230 e. The van der Waals surface area contributed by atoms with Gasteiger partial charge in [0.2, 0.25) is 5.91 Å². The lowest BCUT2D eigenvalue weighted by molar-refractivity contribution is -0.169. The van der Waals surface area contributed by atoms with E-state index in [4.69, 9.17) is 4.74 Å². The molecule has 0 aromatic heterocycles. The summed E-state index contributed by atoms with van der Waals surface area (Å²) in [6.45, 7) is 4.17. The van der Waals surface area contributed by atoms with Gasteiger partial charge in [-0.1, -0.05) is 26.2 Å². The first-order valence-electron chi connectivity index (χ1n) is 9.84. The number of nitrogens with zero attached hydrogens (tertiary/aromatic N) is 1. The van der Waals surface area contributed by atoms with E-state index >= 15 is 0 Å². The zero-order valence-electron chi connectivity index (χ0n) is 14.9. The maximum absolute atomic E-state index is 12.9. The molecule has 1 heterocycles. The minimum absolute atomic E-state index is 0.0207. The van der Waals surface area contributed by atoms with Crippen molar-refractivity contribution in [3.63, 3.8) is 0 Å². The zero-order chi connectivity index (χ0) is 17.1. The van der Waals surface area contributed by atoms with E-state index in [2.05, 4.69) is 0 Å². The summed E-state index contributed by atoms with van der Waals surface area (Å²) < 4.78 is 6.20. The number of ether oxygens (including phenoxy) is 1. The summed E-state index contributed by atoms with van der Waals surface area (Å²) in [5.74, 6) is -0.0595. The van der Waals surface area contributed by atoms with Crippen molar-refractivity contribution in [3.05, 3.63) is 0 Å². The van der Waals surface area contributed by atoms with Gasteiger partial charge >= 0.3 is 0 Å². The molecule has 3 rings (SSSR count). The molecule has 5 unspecified atom stereocenters. The molecule has 1 aliphatic heterocycles. The van der Waals surface area contributed by atoms with Gasteiger partial charge in [-0.25, -0.2) is 0 Å². The Balaban J connectivity index is 1.68. The third-order valence-electron chi connectivity index (χ3n) is 6.33. The highest BCUT2D eigenvalue weighted by Gasteiger charge is 2.47. The fourth-order valence-corrected chi connectivity index (χ4v) is 4.68. The van der Waals surface area contributed by atoms with Gasteiger partial charge < -0.3 is 19.8 Å². The first-order valence-corrected chi connectivity index (χ1v) is 9.84. The Bertz CT molecular complexity index is 418. The zero-order valence-corrected chi connectivity index (χ0v) is 14.9. The van der Waals surface area contributed by atoms with Crippen LogP contribution in [0.3, 0.4) is 0 Å². The monoisotopic (exact) mass is 339 g/mol. The average Bonchev–Trinajstić information content (AvgIpc) is 3.11. The summed E-state index contributed by atoms with van der Waals surface area (Å²) >= 11 is 0. The van der Waals surface area contributed by atoms with Gasteiger partial charge in [0.15, 0.2) is 0 Å². The van der Waals surface area contributed by atoms with Crippen LogP contribution < -0.4 is 0 Å². The van der Waals surface area contributed by atoms with Crippen molar-refractivity contribution < 1.29 is 19.7 Å². The topological polar surface area (TPSA) is 70.0 Å². The van der Waals surface area contributed by atoms with Crippen molar-refractivity contribution in [2.75, 3.05) is 19.7 Å². The van der Waals surface area contributed by atoms with Gasteiger partial charge in [-0.15, -0.1) is 0 Å². The molecule has 2 saturated carbocycles. The van der Waals surface area contributed by atoms with Gasteiger partial charge in [-0.05, 0) is 31.6 Å². The molecule has 3 aliphatic rings. The molecule has 5 nitrogen and oxygen atoms in total. The molecule has 1 saturated heterocycles. The Hall–Kier alpha value is -0.650. The Labute approximate surface area is 145 Å². The van der Waals surface area contributed by atoms with Crippen LogP contribution in [0.4, 0.5) is 0 Å². The molecule has 24 heavy (non-hydrogen) atoms. The van der Waals surface area contributed by atoms with Crippen molar-refractivity contribution in [1.29, 1.82) is 0 Å². The van der Waals surface area contributed by atoms with Crippen molar-refractivity contribution in [2.24, 2.45) is 17.8 Å². The van der Waals surface area contributed by atoms with Crippen LogP contribution in [0.1, 0.15) is 58.3 Å². The molecule has 5 heteroatoms. The SMILES string of the molecule is CC1C(O)CC(O)C(C(=O)N2CCCC2)C1OCC1CCCCC1. The quantitative estimate of drug-likeness (QED) is 0.821. The van der Waals surface area contributed by atoms with Crippen LogP contribution in [0.5, 0.6) is 0 Å². The minimum atomic E-state index is -0.805. The maximum atomic E-state index is 12.9. The van der Waals surface area contributed by atoms with Crippen LogP contribution in [0.15, 0.2) is 0 Å². The van der Waals surface area contributed by atoms with E-state index in [0.717, 1.165) is 25.9 Å². The minimum Gasteiger partial charge on any atom is -0.393 e. The highest BCUT2D eigenvalue weighted by molar-refractivity contribution is 5.80. The first-order chi connectivity index (χ1) is 11.6. The fourth-order valence-electron chi connectivity index (χ4n) is 4.68. The van der Waals surface area contributed by atoms with Gasteiger partial charge in [0, 0.05) is 32.0 Å². The van der Waals surface area contributed by atoms with Crippen molar-refractivity contribution in [3.8, 4) is 0 Å². The van der Waals surface area contributed by atoms with Crippen molar-refractivity contribution >= 4 is 5.91 Å². The average molecular weight is 339 g/mol. The summed E-state index contributed by atoms with van der Waals surface area (Å²) in [5, 5.41) is 20.8. The van der Waals surface area contributed by atoms with E-state index in [0.29, 0.717) is 12.5 Å². The summed E-state index contributed by atoms with van der Waals surface area (Å²) in [4.78, 5) is 14.8. The maximum Gasteiger partial charge on any atom is 0.230 e. The van der Waals surface area contributed by atoms with Gasteiger partial charge in [-0.2, -0.15) is 0 Å². The molecular formula is C19H33NO4. The lowest BCUT2D eigenvalue weighted by Crippen LogP contribution is -2.55. The second kappa shape index (κ2) is 8.15. The normalized spacial score (nSPS) is 38.5. The number of aliphatic hydroxyl groups excluding tert-OH is 2. The number of aliphatic hydroxyl groups is 2. The second-order valence-corrected chi connectivity index (χ2v) is 8.09. The number of carbonyl (C=O) groups is 1. The van der Waals surface area contributed by atoms with Gasteiger partial charge in [0.05, 0.1) is 24.2 Å². The molecule has 0 aromatic rings. The molecule has 0 bridgehead atoms.